The van der Waals surface area contributed by atoms with Crippen LogP contribution in [0.4, 0.5) is 0 Å². The maximum Gasteiger partial charge on any atom is 0.0563 e. The van der Waals surface area contributed by atoms with E-state index in [1.54, 1.807) is 5.57 Å². The number of hydrogen-bond donors (Lipinski definition) is 0. The summed E-state index contributed by atoms with van der Waals surface area (Å²) in [7, 11) is 0. The molecule has 2 aliphatic carbocycles. The number of alkyl halides is 1. The van der Waals surface area contributed by atoms with Gasteiger partial charge in [0.15, 0.2) is 0 Å². The molecular weight excluding hydrogens is 319 g/mol. The molecule has 94 valence electrons. The third-order valence-electron chi connectivity index (χ3n) is 3.98. The highest BCUT2D eigenvalue weighted by atomic mass is 127. The molecule has 17 heavy (non-hydrogen) atoms. The fourth-order valence-electron chi connectivity index (χ4n) is 2.98. The Morgan fingerprint density at radius 2 is 1.76 bits per heavy atom. The first kappa shape index (κ1) is 13.4. The van der Waals surface area contributed by atoms with E-state index in [-0.39, 0.29) is 3.42 Å². The maximum atomic E-state index is 2.55. The first-order valence-electron chi connectivity index (χ1n) is 6.75. The molecule has 0 amide bonds. The number of allylic oxidation sites excluding steroid dienone is 6. The minimum atomic E-state index is 0.184. The molecule has 0 radical (unpaired) electrons. The molecule has 0 aromatic carbocycles. The predicted molar refractivity (Wildman–Crippen MR) is 84.5 cm³/mol. The Hall–Kier alpha value is -0.0500. The van der Waals surface area contributed by atoms with Crippen molar-refractivity contribution < 1.29 is 0 Å². The molecule has 0 aromatic heterocycles. The van der Waals surface area contributed by atoms with Crippen molar-refractivity contribution in [2.45, 2.75) is 49.9 Å². The monoisotopic (exact) mass is 342 g/mol. The maximum absolute atomic E-state index is 2.55. The van der Waals surface area contributed by atoms with Gasteiger partial charge in [-0.05, 0) is 44.1 Å². The standard InChI is InChI=1S/C16H23I/c1-12-4-7-14(8-5-12)15-9-6-13(2)10-16(3,17)11-15/h6,9-12,14H,4-5,7-8H2,1-3H3. The lowest BCUT2D eigenvalue weighted by Gasteiger charge is -2.28. The lowest BCUT2D eigenvalue weighted by molar-refractivity contribution is 0.323. The SMILES string of the molecule is CC1=CC(C)(I)C=C(C2CCC(C)CC2)C=C1. The highest BCUT2D eigenvalue weighted by Crippen LogP contribution is 2.37. The zero-order valence-corrected chi connectivity index (χ0v) is 13.3. The highest BCUT2D eigenvalue weighted by Gasteiger charge is 2.24. The molecule has 0 N–H and O–H groups in total. The van der Waals surface area contributed by atoms with Crippen molar-refractivity contribution in [1.82, 2.24) is 0 Å². The molecule has 0 saturated heterocycles. The summed E-state index contributed by atoms with van der Waals surface area (Å²) in [6.07, 6.45) is 15.0. The van der Waals surface area contributed by atoms with Gasteiger partial charge >= 0.3 is 0 Å². The van der Waals surface area contributed by atoms with Gasteiger partial charge in [-0.25, -0.2) is 0 Å². The fourth-order valence-corrected chi connectivity index (χ4v) is 3.83. The third-order valence-corrected chi connectivity index (χ3v) is 4.61. The van der Waals surface area contributed by atoms with E-state index in [2.05, 4.69) is 67.7 Å². The van der Waals surface area contributed by atoms with Crippen LogP contribution in [0.1, 0.15) is 46.5 Å². The summed E-state index contributed by atoms with van der Waals surface area (Å²) in [5.41, 5.74) is 2.96. The summed E-state index contributed by atoms with van der Waals surface area (Å²) in [5.74, 6) is 1.74. The number of rotatable bonds is 1. The van der Waals surface area contributed by atoms with E-state index in [9.17, 15) is 0 Å². The van der Waals surface area contributed by atoms with Crippen LogP contribution in [0.25, 0.3) is 0 Å². The number of halogens is 1. The lowest BCUT2D eigenvalue weighted by atomic mass is 9.78. The zero-order valence-electron chi connectivity index (χ0n) is 11.2. The summed E-state index contributed by atoms with van der Waals surface area (Å²) >= 11 is 2.55. The van der Waals surface area contributed by atoms with E-state index in [1.165, 1.54) is 31.3 Å². The molecule has 2 aliphatic rings. The van der Waals surface area contributed by atoms with Gasteiger partial charge in [0.1, 0.15) is 0 Å². The Bertz CT molecular complexity index is 363. The van der Waals surface area contributed by atoms with Crippen LogP contribution in [-0.2, 0) is 0 Å². The summed E-state index contributed by atoms with van der Waals surface area (Å²) in [6.45, 7) is 6.89. The Labute approximate surface area is 119 Å². The van der Waals surface area contributed by atoms with Gasteiger partial charge in [-0.2, -0.15) is 0 Å². The molecule has 1 heteroatoms. The molecule has 1 unspecified atom stereocenters. The average molecular weight is 342 g/mol. The van der Waals surface area contributed by atoms with Crippen LogP contribution in [0.5, 0.6) is 0 Å². The second-order valence-electron chi connectivity index (χ2n) is 5.97. The van der Waals surface area contributed by atoms with Gasteiger partial charge in [0.25, 0.3) is 0 Å². The highest BCUT2D eigenvalue weighted by molar-refractivity contribution is 14.1. The molecule has 1 fully saturated rings. The molecule has 0 spiro atoms. The van der Waals surface area contributed by atoms with E-state index < -0.39 is 0 Å². The number of hydrogen-bond acceptors (Lipinski definition) is 0. The molecule has 0 aliphatic heterocycles. The van der Waals surface area contributed by atoms with Crippen molar-refractivity contribution >= 4 is 22.6 Å². The van der Waals surface area contributed by atoms with Crippen LogP contribution in [-0.4, -0.2) is 3.42 Å². The normalized spacial score (nSPS) is 38.4. The smallest absolute Gasteiger partial charge is 0.0563 e. The van der Waals surface area contributed by atoms with E-state index in [0.717, 1.165) is 11.8 Å². The molecule has 0 bridgehead atoms. The first-order valence-corrected chi connectivity index (χ1v) is 7.83. The van der Waals surface area contributed by atoms with Crippen molar-refractivity contribution in [3.05, 3.63) is 35.5 Å². The van der Waals surface area contributed by atoms with E-state index in [1.807, 2.05) is 0 Å². The zero-order chi connectivity index (χ0) is 12.5. The van der Waals surface area contributed by atoms with E-state index in [0.29, 0.717) is 0 Å². The average Bonchev–Trinajstić information content (AvgIpc) is 2.37. The predicted octanol–water partition coefficient (Wildman–Crippen LogP) is 5.45. The Kier molecular flexibility index (Phi) is 4.17. The first-order chi connectivity index (χ1) is 7.96. The van der Waals surface area contributed by atoms with Crippen LogP contribution in [0, 0.1) is 11.8 Å². The summed E-state index contributed by atoms with van der Waals surface area (Å²) in [5, 5.41) is 0. The van der Waals surface area contributed by atoms with Gasteiger partial charge < -0.3 is 0 Å². The van der Waals surface area contributed by atoms with Crippen LogP contribution in [0.15, 0.2) is 35.5 Å². The second kappa shape index (κ2) is 5.29. The van der Waals surface area contributed by atoms with E-state index >= 15 is 0 Å². The minimum Gasteiger partial charge on any atom is -0.0700 e. The second-order valence-corrected chi connectivity index (χ2v) is 8.30. The van der Waals surface area contributed by atoms with Gasteiger partial charge in [0, 0.05) is 0 Å². The topological polar surface area (TPSA) is 0 Å². The summed E-state index contributed by atoms with van der Waals surface area (Å²) < 4.78 is 0.184. The fraction of sp³-hybridized carbons (Fsp3) is 0.625. The Balaban J connectivity index is 2.16. The van der Waals surface area contributed by atoms with Crippen molar-refractivity contribution in [2.75, 3.05) is 0 Å². The molecule has 0 nitrogen and oxygen atoms in total. The molecule has 0 heterocycles. The van der Waals surface area contributed by atoms with Crippen molar-refractivity contribution in [1.29, 1.82) is 0 Å². The largest absolute Gasteiger partial charge is 0.0700 e. The van der Waals surface area contributed by atoms with Gasteiger partial charge in [-0.1, -0.05) is 72.2 Å². The van der Waals surface area contributed by atoms with Gasteiger partial charge in [-0.15, -0.1) is 0 Å². The van der Waals surface area contributed by atoms with Crippen LogP contribution in [0.3, 0.4) is 0 Å². The third kappa shape index (κ3) is 3.70. The van der Waals surface area contributed by atoms with Crippen molar-refractivity contribution in [2.24, 2.45) is 11.8 Å². The van der Waals surface area contributed by atoms with Crippen LogP contribution >= 0.6 is 22.6 Å². The molecule has 1 atom stereocenters. The molecule has 2 rings (SSSR count). The van der Waals surface area contributed by atoms with Gasteiger partial charge in [0.05, 0.1) is 3.42 Å². The van der Waals surface area contributed by atoms with E-state index in [4.69, 9.17) is 0 Å². The van der Waals surface area contributed by atoms with Crippen molar-refractivity contribution in [3.63, 3.8) is 0 Å². The van der Waals surface area contributed by atoms with Crippen LogP contribution < -0.4 is 0 Å². The molecular formula is C16H23I. The molecule has 1 saturated carbocycles. The van der Waals surface area contributed by atoms with Crippen LogP contribution in [0.2, 0.25) is 0 Å². The lowest BCUT2D eigenvalue weighted by Crippen LogP contribution is -2.16. The summed E-state index contributed by atoms with van der Waals surface area (Å²) in [6, 6.07) is 0. The van der Waals surface area contributed by atoms with Crippen molar-refractivity contribution in [3.8, 4) is 0 Å². The minimum absolute atomic E-state index is 0.184. The van der Waals surface area contributed by atoms with Gasteiger partial charge in [-0.3, -0.25) is 0 Å². The summed E-state index contributed by atoms with van der Waals surface area (Å²) in [4.78, 5) is 0. The Morgan fingerprint density at radius 1 is 1.12 bits per heavy atom. The van der Waals surface area contributed by atoms with Gasteiger partial charge in [0.2, 0.25) is 0 Å². The quantitative estimate of drug-likeness (QED) is 0.439. The molecule has 0 aromatic rings. The Morgan fingerprint density at radius 3 is 2.41 bits per heavy atom.